The van der Waals surface area contributed by atoms with Crippen LogP contribution >= 0.6 is 0 Å². The van der Waals surface area contributed by atoms with Crippen LogP contribution in [0, 0.1) is 17.8 Å². The van der Waals surface area contributed by atoms with Gasteiger partial charge >= 0.3 is 23.9 Å². The zero-order valence-corrected chi connectivity index (χ0v) is 13.1. The molecule has 0 aromatic heterocycles. The zero-order valence-electron chi connectivity index (χ0n) is 13.1. The largest absolute Gasteiger partial charge is 0.481 e. The molecule has 0 saturated carbocycles. The SMILES string of the molecule is CC1CC(=O)N(C)C1(C(CC(=O)O)C(=O)O)C(CC(=O)O)C(=O)O. The Morgan fingerprint density at radius 2 is 1.42 bits per heavy atom. The normalized spacial score (nSPS) is 26.0. The van der Waals surface area contributed by atoms with Gasteiger partial charge in [0, 0.05) is 13.5 Å². The van der Waals surface area contributed by atoms with Crippen molar-refractivity contribution in [3.63, 3.8) is 0 Å². The molecule has 1 fully saturated rings. The summed E-state index contributed by atoms with van der Waals surface area (Å²) in [5.41, 5.74) is -1.95. The van der Waals surface area contributed by atoms with E-state index < -0.39 is 65.9 Å². The predicted molar refractivity (Wildman–Crippen MR) is 76.0 cm³/mol. The highest BCUT2D eigenvalue weighted by Crippen LogP contribution is 2.48. The monoisotopic (exact) mass is 345 g/mol. The van der Waals surface area contributed by atoms with E-state index in [4.69, 9.17) is 10.2 Å². The number of likely N-dealkylation sites (tertiary alicyclic amines) is 1. The molecule has 1 rings (SSSR count). The number of rotatable bonds is 8. The van der Waals surface area contributed by atoms with Crippen molar-refractivity contribution in [2.75, 3.05) is 7.05 Å². The number of carbonyl (C=O) groups excluding carboxylic acids is 1. The Hall–Kier alpha value is -2.65. The maximum absolute atomic E-state index is 12.1. The van der Waals surface area contributed by atoms with Crippen molar-refractivity contribution in [2.24, 2.45) is 17.8 Å². The Morgan fingerprint density at radius 1 is 1.04 bits per heavy atom. The van der Waals surface area contributed by atoms with E-state index in [0.29, 0.717) is 0 Å². The lowest BCUT2D eigenvalue weighted by atomic mass is 9.64. The first-order chi connectivity index (χ1) is 11.0. The molecule has 1 amide bonds. The van der Waals surface area contributed by atoms with E-state index in [-0.39, 0.29) is 6.42 Å². The Kier molecular flexibility index (Phi) is 5.54. The Balaban J connectivity index is 3.64. The van der Waals surface area contributed by atoms with E-state index >= 15 is 0 Å². The van der Waals surface area contributed by atoms with Crippen LogP contribution in [0.3, 0.4) is 0 Å². The molecule has 0 aromatic carbocycles. The van der Waals surface area contributed by atoms with Crippen LogP contribution in [-0.4, -0.2) is 67.7 Å². The van der Waals surface area contributed by atoms with Gasteiger partial charge in [-0.3, -0.25) is 24.0 Å². The van der Waals surface area contributed by atoms with Crippen LogP contribution in [0.15, 0.2) is 0 Å². The molecule has 134 valence electrons. The van der Waals surface area contributed by atoms with Gasteiger partial charge in [-0.2, -0.15) is 0 Å². The lowest BCUT2D eigenvalue weighted by Gasteiger charge is -2.46. The quantitative estimate of drug-likeness (QED) is 0.456. The highest BCUT2D eigenvalue weighted by molar-refractivity contribution is 5.89. The molecule has 0 spiro atoms. The van der Waals surface area contributed by atoms with Gasteiger partial charge in [0.1, 0.15) is 0 Å². The van der Waals surface area contributed by atoms with Crippen LogP contribution in [-0.2, 0) is 24.0 Å². The van der Waals surface area contributed by atoms with E-state index in [1.807, 2.05) is 0 Å². The average molecular weight is 345 g/mol. The van der Waals surface area contributed by atoms with Gasteiger partial charge in [-0.1, -0.05) is 6.92 Å². The van der Waals surface area contributed by atoms with Crippen LogP contribution < -0.4 is 0 Å². The van der Waals surface area contributed by atoms with Crippen molar-refractivity contribution in [2.45, 2.75) is 31.7 Å². The number of carboxylic acids is 4. The molecule has 1 aliphatic rings. The molecular weight excluding hydrogens is 326 g/mol. The number of hydrogen-bond acceptors (Lipinski definition) is 5. The first-order valence-corrected chi connectivity index (χ1v) is 7.12. The van der Waals surface area contributed by atoms with Crippen molar-refractivity contribution in [3.05, 3.63) is 0 Å². The standard InChI is InChI=1S/C14H19NO9/c1-6-3-9(16)15(2)14(6,7(12(21)22)4-10(17)18)8(13(23)24)5-11(19)20/h6-8H,3-5H2,1-2H3,(H,17,18)(H,19,20)(H,21,22)(H,23,24). The van der Waals surface area contributed by atoms with E-state index in [9.17, 15) is 34.2 Å². The van der Waals surface area contributed by atoms with Gasteiger partial charge in [0.25, 0.3) is 0 Å². The van der Waals surface area contributed by atoms with Gasteiger partial charge in [0.05, 0.1) is 30.2 Å². The summed E-state index contributed by atoms with van der Waals surface area (Å²) in [5.74, 6) is -11.1. The van der Waals surface area contributed by atoms with Crippen LogP contribution in [0.2, 0.25) is 0 Å². The molecule has 0 radical (unpaired) electrons. The minimum absolute atomic E-state index is 0.191. The second kappa shape index (κ2) is 6.85. The van der Waals surface area contributed by atoms with E-state index in [0.717, 1.165) is 4.90 Å². The average Bonchev–Trinajstić information content (AvgIpc) is 2.64. The van der Waals surface area contributed by atoms with Gasteiger partial charge in [0.2, 0.25) is 5.91 Å². The fourth-order valence-corrected chi connectivity index (χ4v) is 3.75. The second-order valence-corrected chi connectivity index (χ2v) is 5.92. The molecule has 1 aliphatic heterocycles. The summed E-state index contributed by atoms with van der Waals surface area (Å²) in [7, 11) is 1.18. The number of hydrogen-bond donors (Lipinski definition) is 4. The molecule has 3 atom stereocenters. The van der Waals surface area contributed by atoms with Crippen molar-refractivity contribution < 1.29 is 44.4 Å². The van der Waals surface area contributed by atoms with E-state index in [2.05, 4.69) is 0 Å². The van der Waals surface area contributed by atoms with Gasteiger partial charge in [-0.05, 0) is 5.92 Å². The summed E-state index contributed by atoms with van der Waals surface area (Å²) in [6.45, 7) is 1.43. The summed E-state index contributed by atoms with van der Waals surface area (Å²) in [4.78, 5) is 58.6. The van der Waals surface area contributed by atoms with E-state index in [1.165, 1.54) is 14.0 Å². The molecule has 0 aromatic rings. The molecule has 10 nitrogen and oxygen atoms in total. The maximum atomic E-state index is 12.1. The number of carboxylic acid groups (broad SMARTS) is 4. The van der Waals surface area contributed by atoms with Gasteiger partial charge in [0.15, 0.2) is 0 Å². The number of carbonyl (C=O) groups is 5. The first kappa shape index (κ1) is 19.4. The molecule has 24 heavy (non-hydrogen) atoms. The van der Waals surface area contributed by atoms with Gasteiger partial charge in [-0.25, -0.2) is 0 Å². The predicted octanol–water partition coefficient (Wildman–Crippen LogP) is -0.426. The lowest BCUT2D eigenvalue weighted by Crippen LogP contribution is -2.62. The second-order valence-electron chi connectivity index (χ2n) is 5.92. The summed E-state index contributed by atoms with van der Waals surface area (Å²) in [5, 5.41) is 37.0. The molecule has 4 N–H and O–H groups in total. The fourth-order valence-electron chi connectivity index (χ4n) is 3.75. The minimum Gasteiger partial charge on any atom is -0.481 e. The summed E-state index contributed by atoms with van der Waals surface area (Å²) >= 11 is 0. The zero-order chi connectivity index (χ0) is 18.8. The summed E-state index contributed by atoms with van der Waals surface area (Å²) in [6.07, 6.45) is -2.05. The lowest BCUT2D eigenvalue weighted by molar-refractivity contribution is -0.168. The number of amides is 1. The van der Waals surface area contributed by atoms with Crippen LogP contribution in [0.4, 0.5) is 0 Å². The molecule has 0 bridgehead atoms. The molecule has 1 heterocycles. The van der Waals surface area contributed by atoms with Crippen LogP contribution in [0.5, 0.6) is 0 Å². The van der Waals surface area contributed by atoms with Crippen molar-refractivity contribution in [1.29, 1.82) is 0 Å². The molecule has 1 saturated heterocycles. The summed E-state index contributed by atoms with van der Waals surface area (Å²) < 4.78 is 0. The third-order valence-corrected chi connectivity index (χ3v) is 4.70. The molecule has 10 heteroatoms. The minimum atomic E-state index is -1.95. The van der Waals surface area contributed by atoms with Crippen molar-refractivity contribution in [3.8, 4) is 0 Å². The molecule has 0 aliphatic carbocycles. The third kappa shape index (κ3) is 3.17. The highest BCUT2D eigenvalue weighted by Gasteiger charge is 2.63. The maximum Gasteiger partial charge on any atom is 0.309 e. The topological polar surface area (TPSA) is 170 Å². The van der Waals surface area contributed by atoms with Crippen LogP contribution in [0.1, 0.15) is 26.2 Å². The highest BCUT2D eigenvalue weighted by atomic mass is 16.4. The third-order valence-electron chi connectivity index (χ3n) is 4.70. The van der Waals surface area contributed by atoms with Crippen LogP contribution in [0.25, 0.3) is 0 Å². The van der Waals surface area contributed by atoms with E-state index in [1.54, 1.807) is 0 Å². The van der Waals surface area contributed by atoms with Gasteiger partial charge < -0.3 is 25.3 Å². The molecule has 3 unspecified atom stereocenters. The first-order valence-electron chi connectivity index (χ1n) is 7.12. The van der Waals surface area contributed by atoms with Crippen molar-refractivity contribution >= 4 is 29.8 Å². The summed E-state index contributed by atoms with van der Waals surface area (Å²) in [6, 6.07) is 0. The Bertz CT molecular complexity index is 551. The smallest absolute Gasteiger partial charge is 0.309 e. The Labute approximate surface area is 136 Å². The van der Waals surface area contributed by atoms with Gasteiger partial charge in [-0.15, -0.1) is 0 Å². The van der Waals surface area contributed by atoms with Crippen molar-refractivity contribution in [1.82, 2.24) is 4.90 Å². The number of aliphatic carboxylic acids is 4. The number of nitrogens with zero attached hydrogens (tertiary/aromatic N) is 1. The molecular formula is C14H19NO9. The Morgan fingerprint density at radius 3 is 1.62 bits per heavy atom. The fraction of sp³-hybridized carbons (Fsp3) is 0.643.